The van der Waals surface area contributed by atoms with E-state index >= 15 is 0 Å². The van der Waals surface area contributed by atoms with Crippen LogP contribution in [0.3, 0.4) is 0 Å². The van der Waals surface area contributed by atoms with E-state index < -0.39 is 5.97 Å². The van der Waals surface area contributed by atoms with Gasteiger partial charge >= 0.3 is 5.97 Å². The zero-order valence-corrected chi connectivity index (χ0v) is 22.8. The standard InChI is InChI=1S/C27H25FN4O5S2/c1-4-13-32-22(14-37-20-11-7-18(28)8-12-20)30-31-27(32)39-16-23(33)29-25-24(26(34)36-3)21(15-38-25)17-5-9-19(35-2)10-6-17/h4-12,15H,1,13-14,16H2,2-3H3,(H,29,33). The number of aromatic nitrogens is 3. The van der Waals surface area contributed by atoms with Crippen LogP contribution in [0.5, 0.6) is 11.5 Å². The molecule has 4 aromatic rings. The van der Waals surface area contributed by atoms with Gasteiger partial charge < -0.3 is 19.5 Å². The molecule has 202 valence electrons. The average Bonchev–Trinajstić information content (AvgIpc) is 3.55. The predicted octanol–water partition coefficient (Wildman–Crippen LogP) is 5.44. The number of esters is 1. The number of nitrogens with zero attached hydrogens (tertiary/aromatic N) is 3. The van der Waals surface area contributed by atoms with Gasteiger partial charge in [0.05, 0.1) is 20.0 Å². The maximum atomic E-state index is 13.1. The van der Waals surface area contributed by atoms with Gasteiger partial charge in [0.15, 0.2) is 11.0 Å². The minimum Gasteiger partial charge on any atom is -0.497 e. The lowest BCUT2D eigenvalue weighted by Crippen LogP contribution is -2.16. The molecule has 12 heteroatoms. The van der Waals surface area contributed by atoms with Crippen molar-refractivity contribution in [2.24, 2.45) is 0 Å². The maximum absolute atomic E-state index is 13.1. The van der Waals surface area contributed by atoms with Crippen molar-refractivity contribution in [3.63, 3.8) is 0 Å². The number of hydrogen-bond acceptors (Lipinski definition) is 9. The summed E-state index contributed by atoms with van der Waals surface area (Å²) in [6, 6.07) is 12.9. The van der Waals surface area contributed by atoms with Gasteiger partial charge in [-0.3, -0.25) is 9.36 Å². The molecular formula is C27H25FN4O5S2. The van der Waals surface area contributed by atoms with Crippen LogP contribution in [0, 0.1) is 5.82 Å². The summed E-state index contributed by atoms with van der Waals surface area (Å²) in [5.74, 6) is 0.486. The molecule has 4 rings (SSSR count). The van der Waals surface area contributed by atoms with Gasteiger partial charge in [-0.25, -0.2) is 9.18 Å². The lowest BCUT2D eigenvalue weighted by Gasteiger charge is -2.10. The molecule has 39 heavy (non-hydrogen) atoms. The summed E-state index contributed by atoms with van der Waals surface area (Å²) in [6.45, 7) is 4.28. The van der Waals surface area contributed by atoms with E-state index in [4.69, 9.17) is 14.2 Å². The minimum atomic E-state index is -0.554. The number of thiophene rings is 1. The monoisotopic (exact) mass is 568 g/mol. The summed E-state index contributed by atoms with van der Waals surface area (Å²) in [6.07, 6.45) is 1.68. The first-order valence-corrected chi connectivity index (χ1v) is 13.5. The van der Waals surface area contributed by atoms with Crippen LogP contribution in [-0.2, 0) is 22.7 Å². The highest BCUT2D eigenvalue weighted by atomic mass is 32.2. The topological polar surface area (TPSA) is 105 Å². The molecule has 0 bridgehead atoms. The lowest BCUT2D eigenvalue weighted by molar-refractivity contribution is -0.113. The second-order valence-electron chi connectivity index (χ2n) is 7.95. The largest absolute Gasteiger partial charge is 0.497 e. The molecule has 0 fully saturated rings. The van der Waals surface area contributed by atoms with Crippen molar-refractivity contribution in [2.45, 2.75) is 18.3 Å². The number of ether oxygens (including phenoxy) is 3. The quantitative estimate of drug-likeness (QED) is 0.137. The molecule has 1 amide bonds. The number of nitrogens with one attached hydrogen (secondary N) is 1. The highest BCUT2D eigenvalue weighted by molar-refractivity contribution is 7.99. The van der Waals surface area contributed by atoms with Crippen molar-refractivity contribution in [1.29, 1.82) is 0 Å². The van der Waals surface area contributed by atoms with E-state index in [1.807, 2.05) is 12.1 Å². The number of amides is 1. The van der Waals surface area contributed by atoms with E-state index in [-0.39, 0.29) is 29.6 Å². The first kappa shape index (κ1) is 27.9. The third-order valence-electron chi connectivity index (χ3n) is 5.45. The lowest BCUT2D eigenvalue weighted by atomic mass is 10.0. The van der Waals surface area contributed by atoms with Crippen LogP contribution in [0.1, 0.15) is 16.2 Å². The van der Waals surface area contributed by atoms with Crippen molar-refractivity contribution >= 4 is 40.0 Å². The van der Waals surface area contributed by atoms with Gasteiger partial charge in [-0.05, 0) is 42.0 Å². The molecule has 2 heterocycles. The summed E-state index contributed by atoms with van der Waals surface area (Å²) in [5, 5.41) is 13.9. The summed E-state index contributed by atoms with van der Waals surface area (Å²) < 4.78 is 30.8. The van der Waals surface area contributed by atoms with Crippen LogP contribution in [0.2, 0.25) is 0 Å². The number of benzene rings is 2. The summed E-state index contributed by atoms with van der Waals surface area (Å²) in [4.78, 5) is 25.5. The van der Waals surface area contributed by atoms with Gasteiger partial charge in [0.1, 0.15) is 34.5 Å². The Morgan fingerprint density at radius 2 is 1.82 bits per heavy atom. The van der Waals surface area contributed by atoms with E-state index in [0.29, 0.717) is 39.6 Å². The molecule has 0 aliphatic heterocycles. The number of carbonyl (C=O) groups excluding carboxylic acids is 2. The maximum Gasteiger partial charge on any atom is 0.341 e. The Bertz CT molecular complexity index is 1450. The summed E-state index contributed by atoms with van der Waals surface area (Å²) >= 11 is 2.42. The number of methoxy groups -OCH3 is 2. The van der Waals surface area contributed by atoms with Gasteiger partial charge in [-0.2, -0.15) is 0 Å². The molecule has 0 atom stereocenters. The molecule has 9 nitrogen and oxygen atoms in total. The van der Waals surface area contributed by atoms with Crippen LogP contribution < -0.4 is 14.8 Å². The van der Waals surface area contributed by atoms with E-state index in [9.17, 15) is 14.0 Å². The van der Waals surface area contributed by atoms with Crippen molar-refractivity contribution < 1.29 is 28.2 Å². The molecule has 0 saturated carbocycles. The first-order valence-electron chi connectivity index (χ1n) is 11.6. The van der Waals surface area contributed by atoms with Crippen LogP contribution in [-0.4, -0.2) is 46.6 Å². The molecular weight excluding hydrogens is 543 g/mol. The fraction of sp³-hybridized carbons (Fsp3) is 0.185. The summed E-state index contributed by atoms with van der Waals surface area (Å²) in [7, 11) is 2.87. The Kier molecular flexibility index (Phi) is 9.34. The minimum absolute atomic E-state index is 0.0183. The van der Waals surface area contributed by atoms with Gasteiger partial charge in [0, 0.05) is 17.5 Å². The molecule has 0 unspecified atom stereocenters. The van der Waals surface area contributed by atoms with Crippen molar-refractivity contribution in [2.75, 3.05) is 25.3 Å². The van der Waals surface area contributed by atoms with Crippen LogP contribution >= 0.6 is 23.1 Å². The van der Waals surface area contributed by atoms with E-state index in [1.165, 1.54) is 54.5 Å². The van der Waals surface area contributed by atoms with Crippen molar-refractivity contribution in [3.8, 4) is 22.6 Å². The second-order valence-corrected chi connectivity index (χ2v) is 9.77. The number of anilines is 1. The Morgan fingerprint density at radius 3 is 2.49 bits per heavy atom. The SMILES string of the molecule is C=CCn1c(COc2ccc(F)cc2)nnc1SCC(=O)Nc1scc(-c2ccc(OC)cc2)c1C(=O)OC. The Labute approximate surface area is 232 Å². The predicted molar refractivity (Wildman–Crippen MR) is 148 cm³/mol. The first-order chi connectivity index (χ1) is 18.9. The van der Waals surface area contributed by atoms with E-state index in [1.54, 1.807) is 35.3 Å². The number of halogens is 1. The van der Waals surface area contributed by atoms with Gasteiger partial charge in [0.2, 0.25) is 5.91 Å². The smallest absolute Gasteiger partial charge is 0.341 e. The second kappa shape index (κ2) is 13.1. The Hall–Kier alpha value is -4.16. The average molecular weight is 569 g/mol. The number of allylic oxidation sites excluding steroid dienone is 1. The van der Waals surface area contributed by atoms with Crippen LogP contribution in [0.25, 0.3) is 11.1 Å². The normalized spacial score (nSPS) is 10.6. The molecule has 2 aromatic heterocycles. The summed E-state index contributed by atoms with van der Waals surface area (Å²) in [5.41, 5.74) is 1.71. The zero-order chi connectivity index (χ0) is 27.8. The fourth-order valence-electron chi connectivity index (χ4n) is 3.55. The van der Waals surface area contributed by atoms with Crippen LogP contribution in [0.4, 0.5) is 9.39 Å². The molecule has 2 aromatic carbocycles. The molecule has 1 N–H and O–H groups in total. The van der Waals surface area contributed by atoms with Gasteiger partial charge in [-0.15, -0.1) is 28.1 Å². The molecule has 0 aliphatic rings. The zero-order valence-electron chi connectivity index (χ0n) is 21.2. The van der Waals surface area contributed by atoms with Crippen molar-refractivity contribution in [1.82, 2.24) is 14.8 Å². The highest BCUT2D eigenvalue weighted by Crippen LogP contribution is 2.37. The highest BCUT2D eigenvalue weighted by Gasteiger charge is 2.23. The Morgan fingerprint density at radius 1 is 1.10 bits per heavy atom. The molecule has 0 spiro atoms. The number of hydrogen-bond donors (Lipinski definition) is 1. The van der Waals surface area contributed by atoms with Gasteiger partial charge in [0.25, 0.3) is 0 Å². The van der Waals surface area contributed by atoms with E-state index in [2.05, 4.69) is 22.1 Å². The molecule has 0 aliphatic carbocycles. The van der Waals surface area contributed by atoms with Crippen molar-refractivity contribution in [3.05, 3.63) is 83.8 Å². The third kappa shape index (κ3) is 6.84. The number of thioether (sulfide) groups is 1. The third-order valence-corrected chi connectivity index (χ3v) is 7.32. The van der Waals surface area contributed by atoms with E-state index in [0.717, 1.165) is 5.56 Å². The van der Waals surface area contributed by atoms with Gasteiger partial charge in [-0.1, -0.05) is 30.0 Å². The molecule has 0 radical (unpaired) electrons. The number of carbonyl (C=O) groups is 2. The molecule has 0 saturated heterocycles. The fourth-order valence-corrected chi connectivity index (χ4v) is 5.29. The number of rotatable bonds is 12. The Balaban J connectivity index is 1.44. The van der Waals surface area contributed by atoms with Crippen LogP contribution in [0.15, 0.2) is 71.7 Å².